The van der Waals surface area contributed by atoms with E-state index in [9.17, 15) is 14.9 Å². The molecule has 1 aliphatic rings. The molecular weight excluding hydrogens is 296 g/mol. The standard InChI is InChI=1S/C14H17ClN2O4/c1-21-13-8-11(16-9-5-3-2-4-6-9)12(17(19)20)7-10(13)14(15)18/h7-9,16H,2-6H2,1H3. The molecule has 1 N–H and O–H groups in total. The Labute approximate surface area is 127 Å². The Morgan fingerprint density at radius 2 is 2.05 bits per heavy atom. The molecule has 0 heterocycles. The van der Waals surface area contributed by atoms with Crippen molar-refractivity contribution >= 4 is 28.2 Å². The molecule has 0 spiro atoms. The fourth-order valence-corrected chi connectivity index (χ4v) is 2.77. The summed E-state index contributed by atoms with van der Waals surface area (Å²) in [4.78, 5) is 22.0. The fourth-order valence-electron chi connectivity index (χ4n) is 2.62. The lowest BCUT2D eigenvalue weighted by atomic mass is 9.95. The van der Waals surface area contributed by atoms with Gasteiger partial charge in [0, 0.05) is 18.2 Å². The molecule has 0 aromatic heterocycles. The van der Waals surface area contributed by atoms with E-state index in [1.807, 2.05) is 0 Å². The predicted octanol–water partition coefficient (Wildman–Crippen LogP) is 3.73. The Balaban J connectivity index is 2.37. The largest absolute Gasteiger partial charge is 0.496 e. The number of methoxy groups -OCH3 is 1. The van der Waals surface area contributed by atoms with Crippen molar-refractivity contribution in [3.8, 4) is 5.75 Å². The van der Waals surface area contributed by atoms with E-state index in [-0.39, 0.29) is 23.0 Å². The number of hydrogen-bond acceptors (Lipinski definition) is 5. The third kappa shape index (κ3) is 3.64. The number of nitrogens with one attached hydrogen (secondary N) is 1. The number of nitro benzene ring substituents is 1. The highest BCUT2D eigenvalue weighted by Crippen LogP contribution is 2.35. The monoisotopic (exact) mass is 312 g/mol. The first-order chi connectivity index (χ1) is 10.0. The van der Waals surface area contributed by atoms with E-state index < -0.39 is 10.2 Å². The average molecular weight is 313 g/mol. The third-order valence-electron chi connectivity index (χ3n) is 3.69. The number of carbonyl (C=O) groups excluding carboxylic acids is 1. The lowest BCUT2D eigenvalue weighted by molar-refractivity contribution is -0.384. The molecule has 21 heavy (non-hydrogen) atoms. The number of carbonyl (C=O) groups is 1. The summed E-state index contributed by atoms with van der Waals surface area (Å²) in [6.07, 6.45) is 5.39. The highest BCUT2D eigenvalue weighted by molar-refractivity contribution is 6.68. The van der Waals surface area contributed by atoms with Crippen molar-refractivity contribution in [1.29, 1.82) is 0 Å². The molecule has 1 aliphatic carbocycles. The van der Waals surface area contributed by atoms with Gasteiger partial charge in [0.15, 0.2) is 0 Å². The lowest BCUT2D eigenvalue weighted by Crippen LogP contribution is -2.22. The number of nitro groups is 1. The number of nitrogens with zero attached hydrogens (tertiary/aromatic N) is 1. The molecule has 6 nitrogen and oxygen atoms in total. The number of hydrogen-bond donors (Lipinski definition) is 1. The second-order valence-electron chi connectivity index (χ2n) is 5.08. The van der Waals surface area contributed by atoms with Gasteiger partial charge in [-0.05, 0) is 24.4 Å². The summed E-state index contributed by atoms with van der Waals surface area (Å²) in [5, 5.41) is 13.6. The van der Waals surface area contributed by atoms with E-state index >= 15 is 0 Å². The summed E-state index contributed by atoms with van der Waals surface area (Å²) < 4.78 is 5.10. The summed E-state index contributed by atoms with van der Waals surface area (Å²) >= 11 is 5.45. The van der Waals surface area contributed by atoms with Crippen molar-refractivity contribution in [2.24, 2.45) is 0 Å². The van der Waals surface area contributed by atoms with Crippen LogP contribution in [0.5, 0.6) is 5.75 Å². The van der Waals surface area contributed by atoms with E-state index in [2.05, 4.69) is 5.32 Å². The third-order valence-corrected chi connectivity index (χ3v) is 3.89. The van der Waals surface area contributed by atoms with Crippen molar-refractivity contribution in [1.82, 2.24) is 0 Å². The van der Waals surface area contributed by atoms with Gasteiger partial charge in [-0.3, -0.25) is 14.9 Å². The maximum atomic E-state index is 11.3. The van der Waals surface area contributed by atoms with Gasteiger partial charge in [0.25, 0.3) is 10.9 Å². The number of rotatable bonds is 5. The normalized spacial score (nSPS) is 15.5. The first-order valence-electron chi connectivity index (χ1n) is 6.85. The van der Waals surface area contributed by atoms with Crippen LogP contribution in [0, 0.1) is 10.1 Å². The average Bonchev–Trinajstić information content (AvgIpc) is 2.47. The molecule has 0 atom stereocenters. The molecule has 1 aromatic carbocycles. The molecule has 1 fully saturated rings. The van der Waals surface area contributed by atoms with Gasteiger partial charge in [-0.15, -0.1) is 0 Å². The first kappa shape index (κ1) is 15.6. The molecule has 0 radical (unpaired) electrons. The molecule has 0 aliphatic heterocycles. The number of halogens is 1. The van der Waals surface area contributed by atoms with Crippen molar-refractivity contribution in [3.63, 3.8) is 0 Å². The SMILES string of the molecule is COc1cc(NC2CCCCC2)c([N+](=O)[O-])cc1C(=O)Cl. The minimum absolute atomic E-state index is 0.0000563. The zero-order valence-corrected chi connectivity index (χ0v) is 12.5. The maximum absolute atomic E-state index is 11.3. The first-order valence-corrected chi connectivity index (χ1v) is 7.23. The molecule has 0 unspecified atom stereocenters. The molecule has 1 aromatic rings. The van der Waals surface area contributed by atoms with Gasteiger partial charge in [-0.25, -0.2) is 0 Å². The number of benzene rings is 1. The van der Waals surface area contributed by atoms with Crippen molar-refractivity contribution in [2.75, 3.05) is 12.4 Å². The molecule has 0 saturated heterocycles. The quantitative estimate of drug-likeness (QED) is 0.509. The summed E-state index contributed by atoms with van der Waals surface area (Å²) in [5.74, 6) is 0.235. The van der Waals surface area contributed by atoms with Crippen LogP contribution in [0.25, 0.3) is 0 Å². The van der Waals surface area contributed by atoms with E-state index in [1.54, 1.807) is 0 Å². The molecule has 7 heteroatoms. The van der Waals surface area contributed by atoms with Crippen LogP contribution in [0.3, 0.4) is 0 Å². The Kier molecular flexibility index (Phi) is 5.01. The number of anilines is 1. The van der Waals surface area contributed by atoms with Crippen LogP contribution >= 0.6 is 11.6 Å². The maximum Gasteiger partial charge on any atom is 0.293 e. The molecule has 0 bridgehead atoms. The summed E-state index contributed by atoms with van der Waals surface area (Å²) in [6, 6.07) is 2.85. The fraction of sp³-hybridized carbons (Fsp3) is 0.500. The summed E-state index contributed by atoms with van der Waals surface area (Å²) in [5.41, 5.74) is 0.204. The van der Waals surface area contributed by atoms with Gasteiger partial charge < -0.3 is 10.1 Å². The second kappa shape index (κ2) is 6.76. The lowest BCUT2D eigenvalue weighted by Gasteiger charge is -2.24. The predicted molar refractivity (Wildman–Crippen MR) is 80.3 cm³/mol. The highest BCUT2D eigenvalue weighted by atomic mass is 35.5. The number of ether oxygens (including phenoxy) is 1. The van der Waals surface area contributed by atoms with Gasteiger partial charge in [0.2, 0.25) is 0 Å². The summed E-state index contributed by atoms with van der Waals surface area (Å²) in [7, 11) is 1.40. The minimum Gasteiger partial charge on any atom is -0.496 e. The Morgan fingerprint density at radius 3 is 2.57 bits per heavy atom. The topological polar surface area (TPSA) is 81.5 Å². The molecule has 1 saturated carbocycles. The molecular formula is C14H17ClN2O4. The zero-order valence-electron chi connectivity index (χ0n) is 11.7. The van der Waals surface area contributed by atoms with E-state index in [4.69, 9.17) is 16.3 Å². The Hall–Kier alpha value is -1.82. The van der Waals surface area contributed by atoms with Crippen LogP contribution in [0.15, 0.2) is 12.1 Å². The van der Waals surface area contributed by atoms with Gasteiger partial charge >= 0.3 is 0 Å². The molecule has 2 rings (SSSR count). The second-order valence-corrected chi connectivity index (χ2v) is 5.42. The van der Waals surface area contributed by atoms with Crippen LogP contribution in [0.4, 0.5) is 11.4 Å². The van der Waals surface area contributed by atoms with Gasteiger partial charge in [0.1, 0.15) is 11.4 Å². The zero-order chi connectivity index (χ0) is 15.4. The van der Waals surface area contributed by atoms with Crippen LogP contribution in [0.1, 0.15) is 42.5 Å². The smallest absolute Gasteiger partial charge is 0.293 e. The van der Waals surface area contributed by atoms with E-state index in [0.29, 0.717) is 5.69 Å². The van der Waals surface area contributed by atoms with Gasteiger partial charge in [0.05, 0.1) is 17.6 Å². The van der Waals surface area contributed by atoms with E-state index in [0.717, 1.165) is 25.7 Å². The van der Waals surface area contributed by atoms with Crippen molar-refractivity contribution < 1.29 is 14.5 Å². The van der Waals surface area contributed by atoms with Crippen molar-refractivity contribution in [3.05, 3.63) is 27.8 Å². The van der Waals surface area contributed by atoms with Crippen molar-refractivity contribution in [2.45, 2.75) is 38.1 Å². The van der Waals surface area contributed by atoms with E-state index in [1.165, 1.54) is 25.7 Å². The van der Waals surface area contributed by atoms with Crippen LogP contribution in [0.2, 0.25) is 0 Å². The highest BCUT2D eigenvalue weighted by Gasteiger charge is 2.24. The Morgan fingerprint density at radius 1 is 1.38 bits per heavy atom. The summed E-state index contributed by atoms with van der Waals surface area (Å²) in [6.45, 7) is 0. The Bertz CT molecular complexity index is 556. The van der Waals surface area contributed by atoms with Crippen LogP contribution in [-0.2, 0) is 0 Å². The molecule has 114 valence electrons. The van der Waals surface area contributed by atoms with Crippen LogP contribution in [-0.4, -0.2) is 23.3 Å². The minimum atomic E-state index is -0.779. The van der Waals surface area contributed by atoms with Gasteiger partial charge in [-0.1, -0.05) is 19.3 Å². The van der Waals surface area contributed by atoms with Crippen LogP contribution < -0.4 is 10.1 Å². The van der Waals surface area contributed by atoms with Gasteiger partial charge in [-0.2, -0.15) is 0 Å². The molecule has 0 amide bonds.